The van der Waals surface area contributed by atoms with Crippen LogP contribution in [0.1, 0.15) is 59.8 Å². The molecular weight excluding hydrogens is 234 g/mol. The molecule has 0 aromatic rings. The highest BCUT2D eigenvalue weighted by Crippen LogP contribution is 2.05. The Labute approximate surface area is 107 Å². The second kappa shape index (κ2) is 8.92. The van der Waals surface area contributed by atoms with Crippen LogP contribution in [0.25, 0.3) is 0 Å². The Morgan fingerprint density at radius 2 is 1.71 bits per heavy atom. The monoisotopic (exact) mass is 263 g/mol. The molecule has 0 spiro atoms. The maximum atomic E-state index is 11.6. The van der Waals surface area contributed by atoms with Crippen LogP contribution in [0.5, 0.6) is 0 Å². The van der Waals surface area contributed by atoms with Gasteiger partial charge in [0.25, 0.3) is 0 Å². The lowest BCUT2D eigenvalue weighted by atomic mass is 10.1. The molecule has 1 atom stereocenters. The maximum absolute atomic E-state index is 11.6. The molecule has 4 heteroatoms. The third kappa shape index (κ3) is 8.61. The second-order valence-corrected chi connectivity index (χ2v) is 7.80. The second-order valence-electron chi connectivity index (χ2n) is 5.12. The largest absolute Gasteiger partial charge is 0.313 e. The molecule has 0 radical (unpaired) electrons. The minimum absolute atomic E-state index is 0.254. The normalized spacial score (nSPS) is 14.2. The van der Waals surface area contributed by atoms with Gasteiger partial charge in [0.2, 0.25) is 0 Å². The highest BCUT2D eigenvalue weighted by Gasteiger charge is 2.15. The van der Waals surface area contributed by atoms with E-state index in [1.165, 1.54) is 25.7 Å². The SMILES string of the molecule is CCCCCCC(C)NCCS(=O)(=O)C(C)C. The highest BCUT2D eigenvalue weighted by atomic mass is 32.2. The van der Waals surface area contributed by atoms with Crippen molar-refractivity contribution in [3.05, 3.63) is 0 Å². The van der Waals surface area contributed by atoms with E-state index in [1.54, 1.807) is 13.8 Å². The summed E-state index contributed by atoms with van der Waals surface area (Å²) in [5.74, 6) is 0.254. The Morgan fingerprint density at radius 3 is 2.24 bits per heavy atom. The highest BCUT2D eigenvalue weighted by molar-refractivity contribution is 7.92. The minimum atomic E-state index is -2.89. The van der Waals surface area contributed by atoms with Crippen LogP contribution >= 0.6 is 0 Å². The van der Waals surface area contributed by atoms with E-state index in [1.807, 2.05) is 0 Å². The number of hydrogen-bond acceptors (Lipinski definition) is 3. The molecule has 0 fully saturated rings. The first-order chi connectivity index (χ1) is 7.90. The van der Waals surface area contributed by atoms with Gasteiger partial charge in [-0.25, -0.2) is 8.42 Å². The van der Waals surface area contributed by atoms with E-state index in [2.05, 4.69) is 19.2 Å². The Bertz CT molecular complexity index is 273. The fourth-order valence-corrected chi connectivity index (χ4v) is 2.54. The molecule has 17 heavy (non-hydrogen) atoms. The van der Waals surface area contributed by atoms with Crippen molar-refractivity contribution < 1.29 is 8.42 Å². The Kier molecular flexibility index (Phi) is 8.88. The third-order valence-corrected chi connectivity index (χ3v) is 5.30. The third-order valence-electron chi connectivity index (χ3n) is 3.09. The zero-order chi connectivity index (χ0) is 13.3. The van der Waals surface area contributed by atoms with Crippen LogP contribution in [0.4, 0.5) is 0 Å². The van der Waals surface area contributed by atoms with Gasteiger partial charge in [0.15, 0.2) is 9.84 Å². The van der Waals surface area contributed by atoms with Crippen LogP contribution < -0.4 is 5.32 Å². The van der Waals surface area contributed by atoms with E-state index < -0.39 is 9.84 Å². The summed E-state index contributed by atoms with van der Waals surface area (Å²) >= 11 is 0. The predicted molar refractivity (Wildman–Crippen MR) is 75.1 cm³/mol. The summed E-state index contributed by atoms with van der Waals surface area (Å²) in [6.45, 7) is 8.40. The van der Waals surface area contributed by atoms with Gasteiger partial charge in [0, 0.05) is 12.6 Å². The van der Waals surface area contributed by atoms with Crippen molar-refractivity contribution in [1.29, 1.82) is 0 Å². The van der Waals surface area contributed by atoms with Gasteiger partial charge in [0.1, 0.15) is 0 Å². The molecule has 0 aromatic heterocycles. The van der Waals surface area contributed by atoms with Gasteiger partial charge in [-0.2, -0.15) is 0 Å². The van der Waals surface area contributed by atoms with E-state index in [4.69, 9.17) is 0 Å². The lowest BCUT2D eigenvalue weighted by Gasteiger charge is -2.14. The smallest absolute Gasteiger partial charge is 0.153 e. The van der Waals surface area contributed by atoms with Crippen molar-refractivity contribution in [2.24, 2.45) is 0 Å². The molecule has 0 amide bonds. The topological polar surface area (TPSA) is 46.2 Å². The zero-order valence-corrected chi connectivity index (χ0v) is 12.6. The van der Waals surface area contributed by atoms with E-state index in [0.717, 1.165) is 6.42 Å². The summed E-state index contributed by atoms with van der Waals surface area (Å²) in [7, 11) is -2.89. The van der Waals surface area contributed by atoms with Crippen LogP contribution in [-0.4, -0.2) is 32.0 Å². The van der Waals surface area contributed by atoms with Gasteiger partial charge < -0.3 is 5.32 Å². The van der Waals surface area contributed by atoms with Crippen LogP contribution in [0.3, 0.4) is 0 Å². The molecule has 104 valence electrons. The predicted octanol–water partition coefficient (Wildman–Crippen LogP) is 2.76. The first-order valence-corrected chi connectivity index (χ1v) is 8.56. The summed E-state index contributed by atoms with van der Waals surface area (Å²) < 4.78 is 23.1. The van der Waals surface area contributed by atoms with Gasteiger partial charge in [-0.15, -0.1) is 0 Å². The molecule has 1 N–H and O–H groups in total. The van der Waals surface area contributed by atoms with Gasteiger partial charge in [-0.05, 0) is 27.2 Å². The maximum Gasteiger partial charge on any atom is 0.153 e. The molecule has 0 saturated heterocycles. The molecule has 0 aliphatic rings. The summed E-state index contributed by atoms with van der Waals surface area (Å²) in [6, 6.07) is 0.425. The standard InChI is InChI=1S/C13H29NO2S/c1-5-6-7-8-9-13(4)14-10-11-17(15,16)12(2)3/h12-14H,5-11H2,1-4H3. The Hall–Kier alpha value is -0.0900. The van der Waals surface area contributed by atoms with Crippen LogP contribution in [0.2, 0.25) is 0 Å². The molecular formula is C13H29NO2S. The van der Waals surface area contributed by atoms with E-state index in [0.29, 0.717) is 12.6 Å². The Balaban J connectivity index is 3.61. The first-order valence-electron chi connectivity index (χ1n) is 6.85. The fraction of sp³-hybridized carbons (Fsp3) is 1.00. The van der Waals surface area contributed by atoms with Gasteiger partial charge in [-0.1, -0.05) is 32.6 Å². The van der Waals surface area contributed by atoms with Gasteiger partial charge in [0.05, 0.1) is 11.0 Å². The fourth-order valence-electron chi connectivity index (χ4n) is 1.66. The lowest BCUT2D eigenvalue weighted by Crippen LogP contribution is -2.32. The molecule has 0 heterocycles. The van der Waals surface area contributed by atoms with Gasteiger partial charge >= 0.3 is 0 Å². The van der Waals surface area contributed by atoms with Crippen LogP contribution in [0.15, 0.2) is 0 Å². The summed E-state index contributed by atoms with van der Waals surface area (Å²) in [5.41, 5.74) is 0. The Morgan fingerprint density at radius 1 is 1.06 bits per heavy atom. The molecule has 0 saturated carbocycles. The minimum Gasteiger partial charge on any atom is -0.313 e. The lowest BCUT2D eigenvalue weighted by molar-refractivity contribution is 0.492. The molecule has 1 unspecified atom stereocenters. The van der Waals surface area contributed by atoms with Crippen molar-refractivity contribution >= 4 is 9.84 Å². The van der Waals surface area contributed by atoms with Crippen molar-refractivity contribution in [3.63, 3.8) is 0 Å². The number of nitrogens with one attached hydrogen (secondary N) is 1. The number of sulfone groups is 1. The first kappa shape index (κ1) is 16.9. The average Bonchev–Trinajstić information content (AvgIpc) is 2.24. The van der Waals surface area contributed by atoms with Crippen LogP contribution in [0, 0.1) is 0 Å². The molecule has 0 aliphatic carbocycles. The van der Waals surface area contributed by atoms with Crippen LogP contribution in [-0.2, 0) is 9.84 Å². The molecule has 3 nitrogen and oxygen atoms in total. The van der Waals surface area contributed by atoms with E-state index in [9.17, 15) is 8.42 Å². The molecule has 0 bridgehead atoms. The van der Waals surface area contributed by atoms with Crippen molar-refractivity contribution in [2.75, 3.05) is 12.3 Å². The quantitative estimate of drug-likeness (QED) is 0.616. The summed E-state index contributed by atoms with van der Waals surface area (Å²) in [5, 5.41) is 3.03. The zero-order valence-electron chi connectivity index (χ0n) is 11.8. The average molecular weight is 263 g/mol. The van der Waals surface area contributed by atoms with Crippen molar-refractivity contribution in [3.8, 4) is 0 Å². The van der Waals surface area contributed by atoms with Gasteiger partial charge in [-0.3, -0.25) is 0 Å². The van der Waals surface area contributed by atoms with Crippen molar-refractivity contribution in [2.45, 2.75) is 71.1 Å². The number of hydrogen-bond donors (Lipinski definition) is 1. The molecule has 0 rings (SSSR count). The number of rotatable bonds is 10. The summed E-state index contributed by atoms with van der Waals surface area (Å²) in [4.78, 5) is 0. The molecule has 0 aliphatic heterocycles. The molecule has 0 aromatic carbocycles. The summed E-state index contributed by atoms with van der Waals surface area (Å²) in [6.07, 6.45) is 6.22. The van der Waals surface area contributed by atoms with E-state index in [-0.39, 0.29) is 11.0 Å². The number of unbranched alkanes of at least 4 members (excludes halogenated alkanes) is 3. The van der Waals surface area contributed by atoms with Crippen molar-refractivity contribution in [1.82, 2.24) is 5.32 Å². The van der Waals surface area contributed by atoms with E-state index >= 15 is 0 Å².